The second-order valence-electron chi connectivity index (χ2n) is 7.23. The van der Waals surface area contributed by atoms with Crippen LogP contribution in [0.4, 0.5) is 0 Å². The molecule has 1 aromatic heterocycles. The average Bonchev–Trinajstić information content (AvgIpc) is 3.15. The topological polar surface area (TPSA) is 58.1 Å². The first-order valence-electron chi connectivity index (χ1n) is 9.15. The molecule has 5 nitrogen and oxygen atoms in total. The fourth-order valence-electron chi connectivity index (χ4n) is 4.22. The van der Waals surface area contributed by atoms with E-state index in [1.54, 1.807) is 0 Å². The van der Waals surface area contributed by atoms with Gasteiger partial charge >= 0.3 is 0 Å². The summed E-state index contributed by atoms with van der Waals surface area (Å²) >= 11 is 0. The number of nitrogens with zero attached hydrogens (tertiary/aromatic N) is 3. The molecule has 1 saturated heterocycles. The number of hydrogen-bond donors (Lipinski definition) is 1. The highest BCUT2D eigenvalue weighted by atomic mass is 16.2. The molecular weight excluding hydrogens is 288 g/mol. The van der Waals surface area contributed by atoms with E-state index in [2.05, 4.69) is 10.3 Å². The van der Waals surface area contributed by atoms with Crippen molar-refractivity contribution in [2.24, 2.45) is 5.92 Å². The molecule has 4 rings (SSSR count). The molecule has 0 bridgehead atoms. The Hall–Kier alpha value is -1.49. The first-order chi connectivity index (χ1) is 11.3. The summed E-state index contributed by atoms with van der Waals surface area (Å²) < 4.78 is 0. The van der Waals surface area contributed by atoms with Gasteiger partial charge in [-0.2, -0.15) is 0 Å². The largest absolute Gasteiger partial charge is 0.338 e. The lowest BCUT2D eigenvalue weighted by Gasteiger charge is -2.31. The number of piperidine rings is 1. The molecule has 3 heterocycles. The summed E-state index contributed by atoms with van der Waals surface area (Å²) in [6, 6.07) is 0. The zero-order valence-electron chi connectivity index (χ0n) is 13.8. The molecule has 0 radical (unpaired) electrons. The molecule has 5 heteroatoms. The van der Waals surface area contributed by atoms with Crippen LogP contribution in [-0.4, -0.2) is 40.4 Å². The monoisotopic (exact) mass is 314 g/mol. The molecule has 1 N–H and O–H groups in total. The van der Waals surface area contributed by atoms with Gasteiger partial charge in [0.25, 0.3) is 0 Å². The maximum atomic E-state index is 12.6. The van der Waals surface area contributed by atoms with E-state index in [9.17, 15) is 4.79 Å². The summed E-state index contributed by atoms with van der Waals surface area (Å²) in [6.07, 6.45) is 9.81. The molecule has 3 aliphatic rings. The van der Waals surface area contributed by atoms with Gasteiger partial charge in [0.1, 0.15) is 5.82 Å². The van der Waals surface area contributed by atoms with E-state index in [4.69, 9.17) is 4.98 Å². The van der Waals surface area contributed by atoms with E-state index in [1.165, 1.54) is 25.7 Å². The van der Waals surface area contributed by atoms with E-state index < -0.39 is 0 Å². The van der Waals surface area contributed by atoms with E-state index in [1.807, 2.05) is 11.1 Å². The highest BCUT2D eigenvalue weighted by Crippen LogP contribution is 2.29. The zero-order valence-corrected chi connectivity index (χ0v) is 13.8. The standard InChI is InChI=1S/C18H26N4O/c23-18(13-4-1-2-5-13)22-9-7-16-15(12-22)11-20-17(21-16)14-6-3-8-19-10-14/h11,13-14,19H,1-10,12H2/t14-/m0/s1. The Morgan fingerprint density at radius 2 is 2.09 bits per heavy atom. The lowest BCUT2D eigenvalue weighted by atomic mass is 9.97. The number of hydrogen-bond acceptors (Lipinski definition) is 4. The summed E-state index contributed by atoms with van der Waals surface area (Å²) in [4.78, 5) is 24.1. The van der Waals surface area contributed by atoms with Crippen LogP contribution in [0.3, 0.4) is 0 Å². The maximum Gasteiger partial charge on any atom is 0.225 e. The van der Waals surface area contributed by atoms with Crippen LogP contribution in [0.2, 0.25) is 0 Å². The van der Waals surface area contributed by atoms with Gasteiger partial charge < -0.3 is 10.2 Å². The second-order valence-corrected chi connectivity index (χ2v) is 7.23. The molecule has 1 saturated carbocycles. The van der Waals surface area contributed by atoms with Crippen molar-refractivity contribution in [3.8, 4) is 0 Å². The van der Waals surface area contributed by atoms with Crippen molar-refractivity contribution in [2.45, 2.75) is 57.4 Å². The van der Waals surface area contributed by atoms with E-state index >= 15 is 0 Å². The van der Waals surface area contributed by atoms with E-state index in [0.717, 1.165) is 56.0 Å². The smallest absolute Gasteiger partial charge is 0.225 e. The molecule has 0 unspecified atom stereocenters. The van der Waals surface area contributed by atoms with Crippen LogP contribution in [-0.2, 0) is 17.8 Å². The maximum absolute atomic E-state index is 12.6. The minimum Gasteiger partial charge on any atom is -0.338 e. The van der Waals surface area contributed by atoms with Crippen molar-refractivity contribution in [2.75, 3.05) is 19.6 Å². The number of fused-ring (bicyclic) bond motifs is 1. The predicted molar refractivity (Wildman–Crippen MR) is 88.0 cm³/mol. The summed E-state index contributed by atoms with van der Waals surface area (Å²) in [5, 5.41) is 3.43. The number of nitrogens with one attached hydrogen (secondary N) is 1. The van der Waals surface area contributed by atoms with Gasteiger partial charge in [-0.15, -0.1) is 0 Å². The molecule has 1 amide bonds. The summed E-state index contributed by atoms with van der Waals surface area (Å²) in [7, 11) is 0. The van der Waals surface area contributed by atoms with E-state index in [0.29, 0.717) is 18.4 Å². The lowest BCUT2D eigenvalue weighted by molar-refractivity contribution is -0.136. The Morgan fingerprint density at radius 3 is 2.87 bits per heavy atom. The third-order valence-corrected chi connectivity index (χ3v) is 5.63. The second kappa shape index (κ2) is 6.56. The summed E-state index contributed by atoms with van der Waals surface area (Å²) in [5.41, 5.74) is 2.31. The highest BCUT2D eigenvalue weighted by molar-refractivity contribution is 5.79. The Bertz CT molecular complexity index is 576. The lowest BCUT2D eigenvalue weighted by Crippen LogP contribution is -2.39. The highest BCUT2D eigenvalue weighted by Gasteiger charge is 2.30. The van der Waals surface area contributed by atoms with Crippen molar-refractivity contribution in [1.82, 2.24) is 20.2 Å². The first kappa shape index (κ1) is 15.1. The van der Waals surface area contributed by atoms with E-state index in [-0.39, 0.29) is 5.92 Å². The van der Waals surface area contributed by atoms with Gasteiger partial charge in [-0.1, -0.05) is 12.8 Å². The van der Waals surface area contributed by atoms with Crippen molar-refractivity contribution in [1.29, 1.82) is 0 Å². The molecular formula is C18H26N4O. The SMILES string of the molecule is O=C(C1CCCC1)N1CCc2nc([C@H]3CCCNC3)ncc2C1. The number of carbonyl (C=O) groups excluding carboxylic acids is 1. The van der Waals surface area contributed by atoms with Gasteiger partial charge in [0.2, 0.25) is 5.91 Å². The molecule has 124 valence electrons. The third-order valence-electron chi connectivity index (χ3n) is 5.63. The summed E-state index contributed by atoms with van der Waals surface area (Å²) in [6.45, 7) is 3.63. The third kappa shape index (κ3) is 3.11. The zero-order chi connectivity index (χ0) is 15.6. The van der Waals surface area contributed by atoms with Crippen LogP contribution in [0.1, 0.15) is 61.5 Å². The Balaban J connectivity index is 1.46. The molecule has 2 aliphatic heterocycles. The Labute approximate surface area is 137 Å². The van der Waals surface area contributed by atoms with Crippen molar-refractivity contribution in [3.63, 3.8) is 0 Å². The molecule has 0 aromatic carbocycles. The number of rotatable bonds is 2. The minimum absolute atomic E-state index is 0.269. The molecule has 2 fully saturated rings. The fourth-order valence-corrected chi connectivity index (χ4v) is 4.22. The number of amides is 1. The van der Waals surface area contributed by atoms with Crippen molar-refractivity contribution < 1.29 is 4.79 Å². The fraction of sp³-hybridized carbons (Fsp3) is 0.722. The minimum atomic E-state index is 0.269. The van der Waals surface area contributed by atoms with Crippen LogP contribution < -0.4 is 5.32 Å². The first-order valence-corrected chi connectivity index (χ1v) is 9.15. The van der Waals surface area contributed by atoms with Crippen LogP contribution in [0.5, 0.6) is 0 Å². The number of carbonyl (C=O) groups is 1. The normalized spacial score (nSPS) is 25.4. The van der Waals surface area contributed by atoms with Gasteiger partial charge in [-0.3, -0.25) is 4.79 Å². The molecule has 0 spiro atoms. The average molecular weight is 314 g/mol. The van der Waals surface area contributed by atoms with Crippen LogP contribution in [0, 0.1) is 5.92 Å². The van der Waals surface area contributed by atoms with Crippen molar-refractivity contribution in [3.05, 3.63) is 23.3 Å². The van der Waals surface area contributed by atoms with Gasteiger partial charge in [-0.25, -0.2) is 9.97 Å². The van der Waals surface area contributed by atoms with Gasteiger partial charge in [0.05, 0.1) is 5.69 Å². The number of aromatic nitrogens is 2. The van der Waals surface area contributed by atoms with Crippen LogP contribution in [0.15, 0.2) is 6.20 Å². The molecule has 23 heavy (non-hydrogen) atoms. The van der Waals surface area contributed by atoms with Gasteiger partial charge in [0, 0.05) is 49.7 Å². The molecule has 1 aromatic rings. The Kier molecular flexibility index (Phi) is 4.29. The van der Waals surface area contributed by atoms with Gasteiger partial charge in [0.15, 0.2) is 0 Å². The Morgan fingerprint density at radius 1 is 1.22 bits per heavy atom. The molecule has 1 aliphatic carbocycles. The van der Waals surface area contributed by atoms with Crippen molar-refractivity contribution >= 4 is 5.91 Å². The summed E-state index contributed by atoms with van der Waals surface area (Å²) in [5.74, 6) is 2.07. The molecule has 1 atom stereocenters. The van der Waals surface area contributed by atoms with Crippen LogP contribution >= 0.6 is 0 Å². The predicted octanol–water partition coefficient (Wildman–Crippen LogP) is 2.02. The van der Waals surface area contributed by atoms with Crippen LogP contribution in [0.25, 0.3) is 0 Å². The quantitative estimate of drug-likeness (QED) is 0.907. The van der Waals surface area contributed by atoms with Gasteiger partial charge in [-0.05, 0) is 32.2 Å².